The van der Waals surface area contributed by atoms with Crippen LogP contribution in [0.1, 0.15) is 20.3 Å². The topological polar surface area (TPSA) is 26.3 Å². The zero-order chi connectivity index (χ0) is 11.4. The standard InChI is InChI=1S/C11H12ClFO2/c1-3-11(14)7(2)15-8-4-5-9(12)10(13)6-8/h4-7H,3H2,1-2H3. The Kier molecular flexibility index (Phi) is 4.09. The van der Waals surface area contributed by atoms with Gasteiger partial charge in [-0.1, -0.05) is 18.5 Å². The third-order valence-corrected chi connectivity index (χ3v) is 2.31. The molecule has 0 aliphatic heterocycles. The number of halogens is 2. The summed E-state index contributed by atoms with van der Waals surface area (Å²) in [6, 6.07) is 4.10. The maximum atomic E-state index is 13.0. The largest absolute Gasteiger partial charge is 0.483 e. The quantitative estimate of drug-likeness (QED) is 0.794. The molecule has 0 aromatic heterocycles. The van der Waals surface area contributed by atoms with E-state index in [1.807, 2.05) is 0 Å². The summed E-state index contributed by atoms with van der Waals surface area (Å²) < 4.78 is 18.3. The lowest BCUT2D eigenvalue weighted by molar-refractivity contribution is -0.124. The van der Waals surface area contributed by atoms with Crippen molar-refractivity contribution in [3.63, 3.8) is 0 Å². The molecule has 1 atom stereocenters. The van der Waals surface area contributed by atoms with Crippen LogP contribution in [0.2, 0.25) is 5.02 Å². The molecule has 0 saturated heterocycles. The van der Waals surface area contributed by atoms with Crippen molar-refractivity contribution in [2.45, 2.75) is 26.4 Å². The van der Waals surface area contributed by atoms with Crippen molar-refractivity contribution in [1.29, 1.82) is 0 Å². The molecule has 0 heterocycles. The third kappa shape index (κ3) is 3.20. The van der Waals surface area contributed by atoms with Gasteiger partial charge < -0.3 is 4.74 Å². The van der Waals surface area contributed by atoms with Crippen molar-refractivity contribution in [3.8, 4) is 5.75 Å². The van der Waals surface area contributed by atoms with Crippen molar-refractivity contribution in [3.05, 3.63) is 29.0 Å². The predicted molar refractivity (Wildman–Crippen MR) is 56.8 cm³/mol. The lowest BCUT2D eigenvalue weighted by atomic mass is 10.2. The lowest BCUT2D eigenvalue weighted by Gasteiger charge is -2.12. The van der Waals surface area contributed by atoms with E-state index in [-0.39, 0.29) is 10.8 Å². The van der Waals surface area contributed by atoms with Crippen LogP contribution >= 0.6 is 11.6 Å². The van der Waals surface area contributed by atoms with Crippen LogP contribution in [0.5, 0.6) is 5.75 Å². The Morgan fingerprint density at radius 3 is 2.80 bits per heavy atom. The molecule has 2 nitrogen and oxygen atoms in total. The first-order valence-corrected chi connectivity index (χ1v) is 5.06. The van der Waals surface area contributed by atoms with E-state index in [9.17, 15) is 9.18 Å². The molecule has 0 N–H and O–H groups in total. The molecule has 0 fully saturated rings. The summed E-state index contributed by atoms with van der Waals surface area (Å²) in [5.41, 5.74) is 0. The zero-order valence-corrected chi connectivity index (χ0v) is 9.34. The molecule has 1 aromatic carbocycles. The fourth-order valence-corrected chi connectivity index (χ4v) is 1.23. The van der Waals surface area contributed by atoms with Gasteiger partial charge in [-0.2, -0.15) is 0 Å². The minimum atomic E-state index is -0.560. The Labute approximate surface area is 93.0 Å². The highest BCUT2D eigenvalue weighted by atomic mass is 35.5. The summed E-state index contributed by atoms with van der Waals surface area (Å²) >= 11 is 5.51. The van der Waals surface area contributed by atoms with E-state index >= 15 is 0 Å². The van der Waals surface area contributed by atoms with Gasteiger partial charge in [0.05, 0.1) is 5.02 Å². The third-order valence-electron chi connectivity index (χ3n) is 2.01. The second kappa shape index (κ2) is 5.12. The monoisotopic (exact) mass is 230 g/mol. The first kappa shape index (κ1) is 12.0. The number of ether oxygens (including phenoxy) is 1. The van der Waals surface area contributed by atoms with E-state index in [0.717, 1.165) is 0 Å². The number of hydrogen-bond donors (Lipinski definition) is 0. The Balaban J connectivity index is 2.73. The second-order valence-electron chi connectivity index (χ2n) is 3.16. The van der Waals surface area contributed by atoms with Crippen molar-refractivity contribution >= 4 is 17.4 Å². The molecular formula is C11H12ClFO2. The first-order chi connectivity index (χ1) is 7.04. The zero-order valence-electron chi connectivity index (χ0n) is 8.59. The van der Waals surface area contributed by atoms with E-state index < -0.39 is 11.9 Å². The van der Waals surface area contributed by atoms with Crippen LogP contribution in [-0.4, -0.2) is 11.9 Å². The highest BCUT2D eigenvalue weighted by Gasteiger charge is 2.12. The maximum absolute atomic E-state index is 13.0. The lowest BCUT2D eigenvalue weighted by Crippen LogP contribution is -2.22. The molecule has 1 rings (SSSR count). The molecule has 15 heavy (non-hydrogen) atoms. The number of rotatable bonds is 4. The van der Waals surface area contributed by atoms with Gasteiger partial charge in [-0.3, -0.25) is 4.79 Å². The van der Waals surface area contributed by atoms with E-state index in [0.29, 0.717) is 12.2 Å². The number of benzene rings is 1. The molecule has 4 heteroatoms. The van der Waals surface area contributed by atoms with E-state index in [4.69, 9.17) is 16.3 Å². The molecule has 0 aliphatic rings. The van der Waals surface area contributed by atoms with Gasteiger partial charge in [-0.05, 0) is 19.1 Å². The number of carbonyl (C=O) groups excluding carboxylic acids is 1. The predicted octanol–water partition coefficient (Wildman–Crippen LogP) is 3.23. The number of ketones is 1. The fraction of sp³-hybridized carbons (Fsp3) is 0.364. The molecule has 0 bridgehead atoms. The van der Waals surface area contributed by atoms with Crippen LogP contribution in [0.4, 0.5) is 4.39 Å². The van der Waals surface area contributed by atoms with E-state index in [2.05, 4.69) is 0 Å². The molecule has 0 spiro atoms. The Morgan fingerprint density at radius 1 is 1.60 bits per heavy atom. The van der Waals surface area contributed by atoms with Gasteiger partial charge in [-0.15, -0.1) is 0 Å². The molecule has 0 saturated carbocycles. The van der Waals surface area contributed by atoms with Gasteiger partial charge in [0.15, 0.2) is 11.9 Å². The highest BCUT2D eigenvalue weighted by Crippen LogP contribution is 2.21. The van der Waals surface area contributed by atoms with Crippen molar-refractivity contribution < 1.29 is 13.9 Å². The molecule has 0 amide bonds. The number of hydrogen-bond acceptors (Lipinski definition) is 2. The first-order valence-electron chi connectivity index (χ1n) is 4.69. The second-order valence-corrected chi connectivity index (χ2v) is 3.56. The van der Waals surface area contributed by atoms with Crippen molar-refractivity contribution in [2.24, 2.45) is 0 Å². The highest BCUT2D eigenvalue weighted by molar-refractivity contribution is 6.30. The van der Waals surface area contributed by atoms with Gasteiger partial charge in [0.25, 0.3) is 0 Å². The summed E-state index contributed by atoms with van der Waals surface area (Å²) in [7, 11) is 0. The van der Waals surface area contributed by atoms with Gasteiger partial charge in [-0.25, -0.2) is 4.39 Å². The molecule has 1 aromatic rings. The Morgan fingerprint density at radius 2 is 2.27 bits per heavy atom. The van der Waals surface area contributed by atoms with Crippen LogP contribution in [-0.2, 0) is 4.79 Å². The Hall–Kier alpha value is -1.09. The summed E-state index contributed by atoms with van der Waals surface area (Å²) in [5.74, 6) is -0.262. The average Bonchev–Trinajstić information content (AvgIpc) is 2.22. The van der Waals surface area contributed by atoms with Crippen LogP contribution in [0.3, 0.4) is 0 Å². The summed E-state index contributed by atoms with van der Waals surface area (Å²) in [6.07, 6.45) is -0.160. The molecule has 82 valence electrons. The fourth-order valence-electron chi connectivity index (χ4n) is 1.11. The molecular weight excluding hydrogens is 219 g/mol. The van der Waals surface area contributed by atoms with Crippen molar-refractivity contribution in [1.82, 2.24) is 0 Å². The maximum Gasteiger partial charge on any atom is 0.172 e. The minimum Gasteiger partial charge on any atom is -0.483 e. The van der Waals surface area contributed by atoms with Crippen LogP contribution < -0.4 is 4.74 Å². The smallest absolute Gasteiger partial charge is 0.172 e. The van der Waals surface area contributed by atoms with Gasteiger partial charge in [0, 0.05) is 12.5 Å². The normalized spacial score (nSPS) is 12.3. The van der Waals surface area contributed by atoms with E-state index in [1.54, 1.807) is 13.8 Å². The van der Waals surface area contributed by atoms with Gasteiger partial charge in [0.1, 0.15) is 11.6 Å². The molecule has 0 aliphatic carbocycles. The molecule has 0 radical (unpaired) electrons. The van der Waals surface area contributed by atoms with Crippen LogP contribution in [0.25, 0.3) is 0 Å². The van der Waals surface area contributed by atoms with Crippen molar-refractivity contribution in [2.75, 3.05) is 0 Å². The summed E-state index contributed by atoms with van der Waals surface area (Å²) in [4.78, 5) is 11.2. The van der Waals surface area contributed by atoms with Gasteiger partial charge >= 0.3 is 0 Å². The summed E-state index contributed by atoms with van der Waals surface area (Å²) in [6.45, 7) is 3.39. The molecule has 1 unspecified atom stereocenters. The summed E-state index contributed by atoms with van der Waals surface area (Å²) in [5, 5.41) is 0.0387. The van der Waals surface area contributed by atoms with Crippen LogP contribution in [0, 0.1) is 5.82 Å². The van der Waals surface area contributed by atoms with E-state index in [1.165, 1.54) is 18.2 Å². The number of Topliss-reactive ketones (excluding diaryl/α,β-unsaturated/α-hetero) is 1. The average molecular weight is 231 g/mol. The SMILES string of the molecule is CCC(=O)C(C)Oc1ccc(Cl)c(F)c1. The Bertz CT molecular complexity index is 366. The van der Waals surface area contributed by atoms with Gasteiger partial charge in [0.2, 0.25) is 0 Å². The van der Waals surface area contributed by atoms with Crippen LogP contribution in [0.15, 0.2) is 18.2 Å². The number of carbonyl (C=O) groups is 1. The minimum absolute atomic E-state index is 0.0228.